The van der Waals surface area contributed by atoms with Crippen molar-refractivity contribution in [1.29, 1.82) is 0 Å². The van der Waals surface area contributed by atoms with E-state index in [-0.39, 0.29) is 12.6 Å². The van der Waals surface area contributed by atoms with Gasteiger partial charge in [0, 0.05) is 12.5 Å². The van der Waals surface area contributed by atoms with Crippen LogP contribution in [0.25, 0.3) is 10.6 Å². The number of halogens is 1. The second kappa shape index (κ2) is 5.63. The molecule has 0 aliphatic carbocycles. The maximum atomic E-state index is 10.8. The van der Waals surface area contributed by atoms with Crippen molar-refractivity contribution in [3.63, 3.8) is 0 Å². The highest BCUT2D eigenvalue weighted by molar-refractivity contribution is 9.11. The summed E-state index contributed by atoms with van der Waals surface area (Å²) in [5.41, 5.74) is 3.03. The van der Waals surface area contributed by atoms with Crippen LogP contribution in [0.2, 0.25) is 0 Å². The third kappa shape index (κ3) is 3.17. The SMILES string of the molecule is CC(=O)OCc1nc(-c2cccc(C)c2)sc1Br. The number of hydrogen-bond acceptors (Lipinski definition) is 4. The van der Waals surface area contributed by atoms with Gasteiger partial charge in [-0.2, -0.15) is 0 Å². The van der Waals surface area contributed by atoms with Gasteiger partial charge in [-0.15, -0.1) is 11.3 Å². The Morgan fingerprint density at radius 3 is 2.94 bits per heavy atom. The summed E-state index contributed by atoms with van der Waals surface area (Å²) in [4.78, 5) is 15.3. The molecule has 0 aliphatic rings. The molecule has 0 amide bonds. The van der Waals surface area contributed by atoms with Gasteiger partial charge in [0.1, 0.15) is 17.3 Å². The summed E-state index contributed by atoms with van der Waals surface area (Å²) in [6.07, 6.45) is 0. The van der Waals surface area contributed by atoms with Crippen molar-refractivity contribution in [2.75, 3.05) is 0 Å². The largest absolute Gasteiger partial charge is 0.459 e. The minimum Gasteiger partial charge on any atom is -0.459 e. The van der Waals surface area contributed by atoms with Crippen molar-refractivity contribution in [1.82, 2.24) is 4.98 Å². The van der Waals surface area contributed by atoms with Gasteiger partial charge in [0.15, 0.2) is 0 Å². The Labute approximate surface area is 118 Å². The van der Waals surface area contributed by atoms with Crippen molar-refractivity contribution in [3.05, 3.63) is 39.3 Å². The van der Waals surface area contributed by atoms with E-state index in [1.807, 2.05) is 25.1 Å². The van der Waals surface area contributed by atoms with Crippen LogP contribution in [0.4, 0.5) is 0 Å². The highest BCUT2D eigenvalue weighted by atomic mass is 79.9. The predicted molar refractivity (Wildman–Crippen MR) is 75.5 cm³/mol. The Kier molecular flexibility index (Phi) is 4.14. The van der Waals surface area contributed by atoms with Gasteiger partial charge in [-0.25, -0.2) is 4.98 Å². The van der Waals surface area contributed by atoms with E-state index in [0.717, 1.165) is 20.1 Å². The summed E-state index contributed by atoms with van der Waals surface area (Å²) < 4.78 is 5.86. The number of carbonyl (C=O) groups is 1. The first kappa shape index (κ1) is 13.2. The number of benzene rings is 1. The fourth-order valence-electron chi connectivity index (χ4n) is 1.49. The fourth-order valence-corrected chi connectivity index (χ4v) is 2.95. The Morgan fingerprint density at radius 1 is 1.50 bits per heavy atom. The molecule has 1 heterocycles. The first-order chi connectivity index (χ1) is 8.56. The number of esters is 1. The van der Waals surface area contributed by atoms with Crippen molar-refractivity contribution >= 4 is 33.2 Å². The first-order valence-electron chi connectivity index (χ1n) is 5.42. The van der Waals surface area contributed by atoms with Crippen LogP contribution in [0.5, 0.6) is 0 Å². The van der Waals surface area contributed by atoms with Crippen LogP contribution in [0.3, 0.4) is 0 Å². The van der Waals surface area contributed by atoms with E-state index < -0.39 is 0 Å². The molecule has 2 aromatic rings. The standard InChI is InChI=1S/C13H12BrNO2S/c1-8-4-3-5-10(6-8)13-15-11(12(14)18-13)7-17-9(2)16/h3-6H,7H2,1-2H3. The summed E-state index contributed by atoms with van der Waals surface area (Å²) in [6, 6.07) is 8.16. The highest BCUT2D eigenvalue weighted by Gasteiger charge is 2.11. The van der Waals surface area contributed by atoms with Gasteiger partial charge < -0.3 is 4.74 Å². The van der Waals surface area contributed by atoms with Gasteiger partial charge in [-0.3, -0.25) is 4.79 Å². The van der Waals surface area contributed by atoms with E-state index in [1.54, 1.807) is 11.3 Å². The van der Waals surface area contributed by atoms with E-state index in [2.05, 4.69) is 27.0 Å². The molecule has 3 nitrogen and oxygen atoms in total. The monoisotopic (exact) mass is 325 g/mol. The van der Waals surface area contributed by atoms with E-state index >= 15 is 0 Å². The summed E-state index contributed by atoms with van der Waals surface area (Å²) in [7, 11) is 0. The topological polar surface area (TPSA) is 39.2 Å². The van der Waals surface area contributed by atoms with Crippen LogP contribution in [0, 0.1) is 6.92 Å². The molecule has 0 aliphatic heterocycles. The molecule has 0 fully saturated rings. The van der Waals surface area contributed by atoms with Crippen LogP contribution < -0.4 is 0 Å². The molecule has 0 saturated heterocycles. The van der Waals surface area contributed by atoms with Crippen molar-refractivity contribution in [2.24, 2.45) is 0 Å². The van der Waals surface area contributed by atoms with Gasteiger partial charge in [0.25, 0.3) is 0 Å². The molecule has 0 bridgehead atoms. The second-order valence-electron chi connectivity index (χ2n) is 3.89. The lowest BCUT2D eigenvalue weighted by atomic mass is 10.1. The molecule has 0 spiro atoms. The average Bonchev–Trinajstić information content (AvgIpc) is 2.68. The lowest BCUT2D eigenvalue weighted by molar-refractivity contribution is -0.142. The second-order valence-corrected chi connectivity index (χ2v) is 6.21. The number of aryl methyl sites for hydroxylation is 1. The predicted octanol–water partition coefficient (Wildman–Crippen LogP) is 3.94. The van der Waals surface area contributed by atoms with Crippen LogP contribution in [0.15, 0.2) is 28.1 Å². The molecule has 94 valence electrons. The van der Waals surface area contributed by atoms with Crippen molar-refractivity contribution in [2.45, 2.75) is 20.5 Å². The minimum absolute atomic E-state index is 0.207. The van der Waals surface area contributed by atoms with Crippen LogP contribution in [0.1, 0.15) is 18.2 Å². The van der Waals surface area contributed by atoms with Crippen LogP contribution in [-0.4, -0.2) is 11.0 Å². The molecule has 0 radical (unpaired) electrons. The number of aromatic nitrogens is 1. The number of nitrogens with zero attached hydrogens (tertiary/aromatic N) is 1. The number of carbonyl (C=O) groups excluding carboxylic acids is 1. The Morgan fingerprint density at radius 2 is 2.28 bits per heavy atom. The van der Waals surface area contributed by atoms with E-state index in [1.165, 1.54) is 12.5 Å². The van der Waals surface area contributed by atoms with Crippen molar-refractivity contribution in [3.8, 4) is 10.6 Å². The first-order valence-corrected chi connectivity index (χ1v) is 7.03. The maximum absolute atomic E-state index is 10.8. The summed E-state index contributed by atoms with van der Waals surface area (Å²) in [5.74, 6) is -0.299. The van der Waals surface area contributed by atoms with Gasteiger partial charge in [-0.1, -0.05) is 23.8 Å². The zero-order valence-electron chi connectivity index (χ0n) is 10.1. The number of rotatable bonds is 3. The fraction of sp³-hybridized carbons (Fsp3) is 0.231. The molecular weight excluding hydrogens is 314 g/mol. The third-order valence-corrected chi connectivity index (χ3v) is 4.21. The summed E-state index contributed by atoms with van der Waals surface area (Å²) in [6.45, 7) is 3.64. The molecule has 1 aromatic carbocycles. The number of hydrogen-bond donors (Lipinski definition) is 0. The van der Waals surface area contributed by atoms with E-state index in [4.69, 9.17) is 4.74 Å². The Bertz CT molecular complexity index is 580. The number of ether oxygens (including phenoxy) is 1. The highest BCUT2D eigenvalue weighted by Crippen LogP contribution is 2.32. The summed E-state index contributed by atoms with van der Waals surface area (Å²) >= 11 is 4.99. The maximum Gasteiger partial charge on any atom is 0.303 e. The molecule has 0 N–H and O–H groups in total. The zero-order chi connectivity index (χ0) is 13.1. The van der Waals surface area contributed by atoms with Crippen LogP contribution >= 0.6 is 27.3 Å². The molecule has 0 saturated carbocycles. The van der Waals surface area contributed by atoms with Gasteiger partial charge in [0.2, 0.25) is 0 Å². The van der Waals surface area contributed by atoms with Crippen LogP contribution in [-0.2, 0) is 16.1 Å². The lowest BCUT2D eigenvalue weighted by Crippen LogP contribution is -1.99. The number of thiazole rings is 1. The van der Waals surface area contributed by atoms with E-state index in [9.17, 15) is 4.79 Å². The third-order valence-electron chi connectivity index (χ3n) is 2.33. The minimum atomic E-state index is -0.299. The van der Waals surface area contributed by atoms with Crippen molar-refractivity contribution < 1.29 is 9.53 Å². The molecule has 18 heavy (non-hydrogen) atoms. The van der Waals surface area contributed by atoms with Gasteiger partial charge in [0.05, 0.1) is 3.79 Å². The normalized spacial score (nSPS) is 10.4. The Hall–Kier alpha value is -1.20. The molecular formula is C13H12BrNO2S. The molecule has 1 aromatic heterocycles. The molecule has 2 rings (SSSR count). The molecule has 0 atom stereocenters. The lowest BCUT2D eigenvalue weighted by Gasteiger charge is -1.99. The smallest absolute Gasteiger partial charge is 0.303 e. The Balaban J connectivity index is 2.25. The average molecular weight is 326 g/mol. The van der Waals surface area contributed by atoms with Gasteiger partial charge in [-0.05, 0) is 28.9 Å². The molecule has 0 unspecified atom stereocenters. The van der Waals surface area contributed by atoms with E-state index in [0.29, 0.717) is 0 Å². The quantitative estimate of drug-likeness (QED) is 0.802. The zero-order valence-corrected chi connectivity index (χ0v) is 12.5. The van der Waals surface area contributed by atoms with Gasteiger partial charge >= 0.3 is 5.97 Å². The summed E-state index contributed by atoms with van der Waals surface area (Å²) in [5, 5.41) is 0.924. The molecule has 5 heteroatoms.